The number of carbonyl (C=O) groups is 2. The number of hydrogen-bond acceptors (Lipinski definition) is 4. The number of rotatable bonds is 8. The van der Waals surface area contributed by atoms with Gasteiger partial charge in [0.1, 0.15) is 0 Å². The predicted octanol–water partition coefficient (Wildman–Crippen LogP) is -1.00. The summed E-state index contributed by atoms with van der Waals surface area (Å²) in [5, 5.41) is 28.2. The minimum atomic E-state index is -1.38. The Labute approximate surface area is 93.8 Å². The van der Waals surface area contributed by atoms with Crippen molar-refractivity contribution in [3.63, 3.8) is 0 Å². The minimum absolute atomic E-state index is 0.0815. The number of primary amides is 1. The van der Waals surface area contributed by atoms with Crippen molar-refractivity contribution in [2.45, 2.75) is 25.6 Å². The topological polar surface area (TPSA) is 133 Å². The summed E-state index contributed by atoms with van der Waals surface area (Å²) in [6.07, 6.45) is 1.08. The molecule has 0 aliphatic carbocycles. The molecule has 0 aromatic heterocycles. The second kappa shape index (κ2) is 7.94. The van der Waals surface area contributed by atoms with Gasteiger partial charge in [-0.2, -0.15) is 0 Å². The lowest BCUT2D eigenvalue weighted by molar-refractivity contribution is -0.138. The first-order chi connectivity index (χ1) is 7.41. The molecule has 6 N–H and O–H groups in total. The fraction of sp³-hybridized carbons (Fsp3) is 0.750. The van der Waals surface area contributed by atoms with E-state index in [1.165, 1.54) is 0 Å². The number of amides is 2. The van der Waals surface area contributed by atoms with Crippen LogP contribution in [0.15, 0.2) is 0 Å². The summed E-state index contributed by atoms with van der Waals surface area (Å²) in [6.45, 7) is 0.184. The lowest BCUT2D eigenvalue weighted by Crippen LogP contribution is -2.34. The zero-order chi connectivity index (χ0) is 12.6. The average Bonchev–Trinajstić information content (AvgIpc) is 2.12. The Morgan fingerprint density at radius 1 is 1.38 bits per heavy atom. The maximum atomic E-state index is 10.5. The molecular formula is C8H17BN2O5. The highest BCUT2D eigenvalue weighted by atomic mass is 16.4. The second-order valence-electron chi connectivity index (χ2n) is 3.62. The molecular weight excluding hydrogens is 215 g/mol. The largest absolute Gasteiger partial charge is 0.481 e. The van der Waals surface area contributed by atoms with Crippen molar-refractivity contribution >= 4 is 19.1 Å². The quantitative estimate of drug-likeness (QED) is 0.342. The molecule has 0 saturated carbocycles. The molecule has 0 aliphatic rings. The van der Waals surface area contributed by atoms with Gasteiger partial charge in [0, 0.05) is 13.0 Å². The molecule has 0 aliphatic heterocycles. The van der Waals surface area contributed by atoms with Gasteiger partial charge in [-0.1, -0.05) is 6.42 Å². The van der Waals surface area contributed by atoms with Crippen molar-refractivity contribution in [3.05, 3.63) is 0 Å². The Kier molecular flexibility index (Phi) is 7.31. The van der Waals surface area contributed by atoms with Crippen molar-refractivity contribution in [1.82, 2.24) is 5.32 Å². The van der Waals surface area contributed by atoms with E-state index < -0.39 is 19.1 Å². The number of carbonyl (C=O) groups excluding carboxylic acids is 1. The molecule has 0 bridgehead atoms. The van der Waals surface area contributed by atoms with Gasteiger partial charge in [0.2, 0.25) is 0 Å². The van der Waals surface area contributed by atoms with E-state index in [-0.39, 0.29) is 25.2 Å². The number of nitrogens with two attached hydrogens (primary N) is 1. The Balaban J connectivity index is 3.89. The number of aliphatic carboxylic acids is 1. The van der Waals surface area contributed by atoms with Gasteiger partial charge in [-0.15, -0.1) is 0 Å². The molecule has 1 atom stereocenters. The number of hydrogen-bond donors (Lipinski definition) is 5. The molecule has 0 spiro atoms. The molecule has 0 heterocycles. The van der Waals surface area contributed by atoms with Crippen LogP contribution in [0.3, 0.4) is 0 Å². The van der Waals surface area contributed by atoms with Gasteiger partial charge in [0.15, 0.2) is 0 Å². The fourth-order valence-corrected chi connectivity index (χ4v) is 1.36. The number of nitrogens with one attached hydrogen (secondary N) is 1. The maximum absolute atomic E-state index is 10.5. The highest BCUT2D eigenvalue weighted by Crippen LogP contribution is 2.12. The Morgan fingerprint density at radius 3 is 2.44 bits per heavy atom. The maximum Gasteiger partial charge on any atom is 0.451 e. The molecule has 8 heteroatoms. The van der Waals surface area contributed by atoms with Crippen molar-refractivity contribution in [3.8, 4) is 0 Å². The third kappa shape index (κ3) is 9.29. The SMILES string of the molecule is NC(=O)NCC(CCCB(O)O)CC(=O)O. The summed E-state index contributed by atoms with van der Waals surface area (Å²) in [5.74, 6) is -1.20. The third-order valence-electron chi connectivity index (χ3n) is 2.10. The van der Waals surface area contributed by atoms with Crippen LogP contribution in [0, 0.1) is 5.92 Å². The smallest absolute Gasteiger partial charge is 0.451 e. The van der Waals surface area contributed by atoms with Crippen LogP contribution in [-0.4, -0.2) is 40.8 Å². The molecule has 0 aromatic carbocycles. The van der Waals surface area contributed by atoms with E-state index in [0.717, 1.165) is 0 Å². The molecule has 7 nitrogen and oxygen atoms in total. The van der Waals surface area contributed by atoms with Gasteiger partial charge in [-0.25, -0.2) is 4.79 Å². The van der Waals surface area contributed by atoms with Gasteiger partial charge in [0.25, 0.3) is 0 Å². The van der Waals surface area contributed by atoms with E-state index in [1.807, 2.05) is 0 Å². The van der Waals surface area contributed by atoms with Gasteiger partial charge < -0.3 is 26.2 Å². The van der Waals surface area contributed by atoms with Crippen LogP contribution >= 0.6 is 0 Å². The van der Waals surface area contributed by atoms with Crippen molar-refractivity contribution < 1.29 is 24.7 Å². The molecule has 92 valence electrons. The minimum Gasteiger partial charge on any atom is -0.481 e. The molecule has 2 amide bonds. The van der Waals surface area contributed by atoms with E-state index in [9.17, 15) is 9.59 Å². The van der Waals surface area contributed by atoms with E-state index in [4.69, 9.17) is 20.9 Å². The van der Waals surface area contributed by atoms with Gasteiger partial charge in [-0.3, -0.25) is 4.79 Å². The summed E-state index contributed by atoms with van der Waals surface area (Å²) in [5.41, 5.74) is 4.87. The van der Waals surface area contributed by atoms with Crippen LogP contribution < -0.4 is 11.1 Å². The molecule has 0 radical (unpaired) electrons. The monoisotopic (exact) mass is 232 g/mol. The number of carboxylic acid groups (broad SMARTS) is 1. The number of carboxylic acids is 1. The Morgan fingerprint density at radius 2 is 2.00 bits per heavy atom. The molecule has 0 rings (SSSR count). The highest BCUT2D eigenvalue weighted by Gasteiger charge is 2.15. The molecule has 0 aromatic rings. The summed E-state index contributed by atoms with van der Waals surface area (Å²) in [7, 11) is -1.38. The van der Waals surface area contributed by atoms with Gasteiger partial charge in [-0.05, 0) is 18.7 Å². The zero-order valence-corrected chi connectivity index (χ0v) is 8.93. The summed E-state index contributed by atoms with van der Waals surface area (Å²) in [6, 6.07) is -0.697. The summed E-state index contributed by atoms with van der Waals surface area (Å²) >= 11 is 0. The number of urea groups is 1. The summed E-state index contributed by atoms with van der Waals surface area (Å²) < 4.78 is 0. The zero-order valence-electron chi connectivity index (χ0n) is 8.93. The van der Waals surface area contributed by atoms with Crippen molar-refractivity contribution in [2.24, 2.45) is 11.7 Å². The highest BCUT2D eigenvalue weighted by molar-refractivity contribution is 6.40. The first-order valence-electron chi connectivity index (χ1n) is 5.03. The molecule has 16 heavy (non-hydrogen) atoms. The van der Waals surface area contributed by atoms with Crippen LogP contribution in [0.5, 0.6) is 0 Å². The second-order valence-corrected chi connectivity index (χ2v) is 3.62. The normalized spacial score (nSPS) is 11.9. The van der Waals surface area contributed by atoms with E-state index in [2.05, 4.69) is 5.32 Å². The summed E-state index contributed by atoms with van der Waals surface area (Å²) in [4.78, 5) is 21.0. The van der Waals surface area contributed by atoms with Crippen molar-refractivity contribution in [2.75, 3.05) is 6.54 Å². The van der Waals surface area contributed by atoms with Crippen molar-refractivity contribution in [1.29, 1.82) is 0 Å². The fourth-order valence-electron chi connectivity index (χ4n) is 1.36. The standard InChI is InChI=1S/C8H17BN2O5/c10-8(14)11-5-6(4-7(12)13)2-1-3-9(15)16/h6,15-16H,1-5H2,(H,12,13)(H3,10,11,14). The third-order valence-corrected chi connectivity index (χ3v) is 2.10. The lowest BCUT2D eigenvalue weighted by Gasteiger charge is -2.14. The Hall–Kier alpha value is -1.28. The van der Waals surface area contributed by atoms with E-state index in [0.29, 0.717) is 12.8 Å². The van der Waals surface area contributed by atoms with Crippen LogP contribution in [0.2, 0.25) is 6.32 Å². The van der Waals surface area contributed by atoms with E-state index in [1.54, 1.807) is 0 Å². The Bertz CT molecular complexity index is 236. The molecule has 0 fully saturated rings. The molecule has 0 saturated heterocycles. The predicted molar refractivity (Wildman–Crippen MR) is 57.6 cm³/mol. The first kappa shape index (κ1) is 14.7. The lowest BCUT2D eigenvalue weighted by atomic mass is 9.82. The van der Waals surface area contributed by atoms with E-state index >= 15 is 0 Å². The first-order valence-corrected chi connectivity index (χ1v) is 5.03. The average molecular weight is 232 g/mol. The van der Waals surface area contributed by atoms with Crippen LogP contribution in [-0.2, 0) is 4.79 Å². The molecule has 1 unspecified atom stereocenters. The van der Waals surface area contributed by atoms with Crippen LogP contribution in [0.4, 0.5) is 4.79 Å². The van der Waals surface area contributed by atoms with Crippen LogP contribution in [0.1, 0.15) is 19.3 Å². The van der Waals surface area contributed by atoms with Crippen LogP contribution in [0.25, 0.3) is 0 Å². The van der Waals surface area contributed by atoms with Gasteiger partial charge in [0.05, 0.1) is 0 Å². The van der Waals surface area contributed by atoms with Gasteiger partial charge >= 0.3 is 19.1 Å².